The number of hydrogen-bond donors (Lipinski definition) is 1. The standard InChI is InChI=1S/C15H17N5/c16-6-11-8-19(15-14(11)2-1-5-18-15)9-13-7-17-10-20(13)12-3-4-12/h1-2,5,7-8,10,12H,3-4,6,9,16H2. The average Bonchev–Trinajstić information content (AvgIpc) is 3.12. The van der Waals surface area contributed by atoms with Crippen LogP contribution in [-0.4, -0.2) is 19.1 Å². The van der Waals surface area contributed by atoms with Crippen molar-refractivity contribution in [2.75, 3.05) is 0 Å². The molecule has 0 bridgehead atoms. The van der Waals surface area contributed by atoms with Crippen LogP contribution in [0, 0.1) is 0 Å². The number of aromatic nitrogens is 4. The fourth-order valence-electron chi connectivity index (χ4n) is 2.79. The van der Waals surface area contributed by atoms with Gasteiger partial charge in [-0.05, 0) is 30.5 Å². The zero-order valence-electron chi connectivity index (χ0n) is 11.2. The summed E-state index contributed by atoms with van der Waals surface area (Å²) in [6.07, 6.45) is 10.4. The van der Waals surface area contributed by atoms with Gasteiger partial charge in [-0.25, -0.2) is 9.97 Å². The molecule has 0 spiro atoms. The predicted octanol–water partition coefficient (Wildman–Crippen LogP) is 2.07. The van der Waals surface area contributed by atoms with Crippen molar-refractivity contribution in [1.29, 1.82) is 0 Å². The highest BCUT2D eigenvalue weighted by atomic mass is 15.1. The maximum absolute atomic E-state index is 5.83. The first kappa shape index (κ1) is 11.7. The maximum Gasteiger partial charge on any atom is 0.140 e. The summed E-state index contributed by atoms with van der Waals surface area (Å²) in [4.78, 5) is 8.79. The normalized spacial score (nSPS) is 15.1. The van der Waals surface area contributed by atoms with E-state index in [0.717, 1.165) is 23.1 Å². The Balaban J connectivity index is 1.76. The lowest BCUT2D eigenvalue weighted by molar-refractivity contribution is 0.662. The van der Waals surface area contributed by atoms with Gasteiger partial charge in [0.2, 0.25) is 0 Å². The molecular formula is C15H17N5. The summed E-state index contributed by atoms with van der Waals surface area (Å²) in [6.45, 7) is 1.33. The van der Waals surface area contributed by atoms with Crippen molar-refractivity contribution >= 4 is 11.0 Å². The molecule has 3 aromatic rings. The van der Waals surface area contributed by atoms with Crippen molar-refractivity contribution in [3.05, 3.63) is 48.3 Å². The van der Waals surface area contributed by atoms with Crippen LogP contribution < -0.4 is 5.73 Å². The van der Waals surface area contributed by atoms with Gasteiger partial charge in [0.15, 0.2) is 0 Å². The molecule has 0 saturated heterocycles. The molecule has 2 N–H and O–H groups in total. The summed E-state index contributed by atoms with van der Waals surface area (Å²) in [5, 5.41) is 1.15. The Labute approximate surface area is 117 Å². The predicted molar refractivity (Wildman–Crippen MR) is 77.2 cm³/mol. The second-order valence-electron chi connectivity index (χ2n) is 5.38. The lowest BCUT2D eigenvalue weighted by atomic mass is 10.2. The van der Waals surface area contributed by atoms with Crippen LogP contribution >= 0.6 is 0 Å². The summed E-state index contributed by atoms with van der Waals surface area (Å²) in [5.74, 6) is 0. The molecule has 4 rings (SSSR count). The number of rotatable bonds is 4. The van der Waals surface area contributed by atoms with Gasteiger partial charge in [0, 0.05) is 36.6 Å². The van der Waals surface area contributed by atoms with Crippen LogP contribution in [0.3, 0.4) is 0 Å². The first-order valence-electron chi connectivity index (χ1n) is 7.00. The molecule has 20 heavy (non-hydrogen) atoms. The Hall–Kier alpha value is -2.14. The Bertz CT molecular complexity index is 751. The summed E-state index contributed by atoms with van der Waals surface area (Å²) >= 11 is 0. The van der Waals surface area contributed by atoms with Crippen molar-refractivity contribution < 1.29 is 0 Å². The molecule has 5 nitrogen and oxygen atoms in total. The minimum atomic E-state index is 0.539. The number of pyridine rings is 1. The van der Waals surface area contributed by atoms with Gasteiger partial charge in [0.05, 0.1) is 18.6 Å². The number of fused-ring (bicyclic) bond motifs is 1. The number of nitrogens with zero attached hydrogens (tertiary/aromatic N) is 4. The fraction of sp³-hybridized carbons (Fsp3) is 0.333. The number of imidazole rings is 1. The third kappa shape index (κ3) is 1.82. The van der Waals surface area contributed by atoms with Crippen LogP contribution in [0.15, 0.2) is 37.1 Å². The van der Waals surface area contributed by atoms with Gasteiger partial charge in [0.1, 0.15) is 5.65 Å². The fourth-order valence-corrected chi connectivity index (χ4v) is 2.79. The van der Waals surface area contributed by atoms with E-state index in [9.17, 15) is 0 Å². The van der Waals surface area contributed by atoms with Crippen LogP contribution in [0.5, 0.6) is 0 Å². The van der Waals surface area contributed by atoms with Crippen LogP contribution in [0.2, 0.25) is 0 Å². The minimum absolute atomic E-state index is 0.539. The van der Waals surface area contributed by atoms with Crippen LogP contribution in [-0.2, 0) is 13.1 Å². The maximum atomic E-state index is 5.83. The van der Waals surface area contributed by atoms with E-state index in [1.165, 1.54) is 18.5 Å². The summed E-state index contributed by atoms with van der Waals surface area (Å²) in [6, 6.07) is 4.69. The first-order valence-corrected chi connectivity index (χ1v) is 7.00. The van der Waals surface area contributed by atoms with E-state index in [2.05, 4.69) is 31.4 Å². The molecule has 1 aliphatic rings. The SMILES string of the molecule is NCc1cn(Cc2cncn2C2CC2)c2ncccc12. The average molecular weight is 267 g/mol. The summed E-state index contributed by atoms with van der Waals surface area (Å²) in [7, 11) is 0. The van der Waals surface area contributed by atoms with Crippen molar-refractivity contribution in [2.24, 2.45) is 5.73 Å². The molecule has 5 heteroatoms. The zero-order valence-corrected chi connectivity index (χ0v) is 11.2. The highest BCUT2D eigenvalue weighted by Crippen LogP contribution is 2.36. The largest absolute Gasteiger partial charge is 0.330 e. The smallest absolute Gasteiger partial charge is 0.140 e. The van der Waals surface area contributed by atoms with Crippen molar-refractivity contribution in [3.63, 3.8) is 0 Å². The Morgan fingerprint density at radius 2 is 2.25 bits per heavy atom. The van der Waals surface area contributed by atoms with Gasteiger partial charge in [0.25, 0.3) is 0 Å². The zero-order chi connectivity index (χ0) is 13.5. The molecular weight excluding hydrogens is 250 g/mol. The summed E-state index contributed by atoms with van der Waals surface area (Å²) < 4.78 is 4.46. The van der Waals surface area contributed by atoms with Gasteiger partial charge in [-0.2, -0.15) is 0 Å². The number of hydrogen-bond acceptors (Lipinski definition) is 3. The van der Waals surface area contributed by atoms with Crippen LogP contribution in [0.1, 0.15) is 30.1 Å². The van der Waals surface area contributed by atoms with Gasteiger partial charge in [-0.3, -0.25) is 0 Å². The second-order valence-corrected chi connectivity index (χ2v) is 5.38. The van der Waals surface area contributed by atoms with E-state index in [0.29, 0.717) is 12.6 Å². The molecule has 1 aliphatic carbocycles. The molecule has 0 amide bonds. The quantitative estimate of drug-likeness (QED) is 0.787. The lowest BCUT2D eigenvalue weighted by Gasteiger charge is -2.08. The second kappa shape index (κ2) is 4.45. The van der Waals surface area contributed by atoms with E-state index in [-0.39, 0.29) is 0 Å². The molecule has 0 unspecified atom stereocenters. The number of nitrogens with two attached hydrogens (primary N) is 1. The highest BCUT2D eigenvalue weighted by molar-refractivity contribution is 5.80. The molecule has 3 heterocycles. The van der Waals surface area contributed by atoms with E-state index in [1.54, 1.807) is 0 Å². The van der Waals surface area contributed by atoms with Crippen molar-refractivity contribution in [1.82, 2.24) is 19.1 Å². The van der Waals surface area contributed by atoms with Crippen LogP contribution in [0.25, 0.3) is 11.0 Å². The van der Waals surface area contributed by atoms with Crippen molar-refractivity contribution in [2.45, 2.75) is 32.0 Å². The molecule has 0 aromatic carbocycles. The van der Waals surface area contributed by atoms with E-state index < -0.39 is 0 Å². The van der Waals surface area contributed by atoms with Gasteiger partial charge in [-0.1, -0.05) is 0 Å². The van der Waals surface area contributed by atoms with Gasteiger partial charge in [-0.15, -0.1) is 0 Å². The third-order valence-corrected chi connectivity index (χ3v) is 3.96. The van der Waals surface area contributed by atoms with E-state index >= 15 is 0 Å². The molecule has 1 fully saturated rings. The topological polar surface area (TPSA) is 61.7 Å². The minimum Gasteiger partial charge on any atom is -0.330 e. The van der Waals surface area contributed by atoms with Gasteiger partial charge >= 0.3 is 0 Å². The summed E-state index contributed by atoms with van der Waals surface area (Å²) in [5.41, 5.74) is 9.21. The Morgan fingerprint density at radius 1 is 1.35 bits per heavy atom. The Kier molecular flexibility index (Phi) is 2.60. The molecule has 1 saturated carbocycles. The van der Waals surface area contributed by atoms with Crippen molar-refractivity contribution in [3.8, 4) is 0 Å². The van der Waals surface area contributed by atoms with Gasteiger partial charge < -0.3 is 14.9 Å². The van der Waals surface area contributed by atoms with Crippen LogP contribution in [0.4, 0.5) is 0 Å². The monoisotopic (exact) mass is 267 g/mol. The molecule has 3 aromatic heterocycles. The first-order chi connectivity index (χ1) is 9.86. The molecule has 0 atom stereocenters. The lowest BCUT2D eigenvalue weighted by Crippen LogP contribution is -2.05. The highest BCUT2D eigenvalue weighted by Gasteiger charge is 2.25. The van der Waals surface area contributed by atoms with E-state index in [4.69, 9.17) is 5.73 Å². The molecule has 102 valence electrons. The molecule has 0 aliphatic heterocycles. The van der Waals surface area contributed by atoms with E-state index in [1.807, 2.05) is 24.8 Å². The Morgan fingerprint density at radius 3 is 3.05 bits per heavy atom. The third-order valence-electron chi connectivity index (χ3n) is 3.96. The molecule has 0 radical (unpaired) electrons.